The summed E-state index contributed by atoms with van der Waals surface area (Å²) in [7, 11) is 0. The molecular weight excluding hydrogens is 262 g/mol. The van der Waals surface area contributed by atoms with Crippen molar-refractivity contribution in [1.29, 1.82) is 0 Å². The lowest BCUT2D eigenvalue weighted by Crippen LogP contribution is -2.23. The van der Waals surface area contributed by atoms with E-state index in [1.54, 1.807) is 26.0 Å². The summed E-state index contributed by atoms with van der Waals surface area (Å²) in [6, 6.07) is 6.89. The fourth-order valence-corrected chi connectivity index (χ4v) is 1.90. The van der Waals surface area contributed by atoms with Crippen LogP contribution in [0.3, 0.4) is 0 Å². The van der Waals surface area contributed by atoms with E-state index in [0.717, 1.165) is 23.5 Å². The molecule has 0 atom stereocenters. The third-order valence-electron chi connectivity index (χ3n) is 2.78. The molecule has 104 valence electrons. The van der Waals surface area contributed by atoms with Gasteiger partial charge in [0, 0.05) is 23.5 Å². The molecule has 1 aromatic carbocycles. The number of aromatic nitrogens is 1. The van der Waals surface area contributed by atoms with E-state index in [9.17, 15) is 13.6 Å². The smallest absolute Gasteiger partial charge is 0.251 e. The summed E-state index contributed by atoms with van der Waals surface area (Å²) in [6.07, 6.45) is 0. The summed E-state index contributed by atoms with van der Waals surface area (Å²) < 4.78 is 25.8. The minimum Gasteiger partial charge on any atom is -0.348 e. The monoisotopic (exact) mass is 276 g/mol. The number of carbonyl (C=O) groups is 1. The Labute approximate surface area is 115 Å². The number of aryl methyl sites for hydroxylation is 2. The van der Waals surface area contributed by atoms with Crippen molar-refractivity contribution in [1.82, 2.24) is 10.3 Å². The lowest BCUT2D eigenvalue weighted by atomic mass is 10.1. The molecule has 0 radical (unpaired) electrons. The summed E-state index contributed by atoms with van der Waals surface area (Å²) in [5.41, 5.74) is 2.50. The van der Waals surface area contributed by atoms with E-state index in [1.165, 1.54) is 6.07 Å². The van der Waals surface area contributed by atoms with Crippen molar-refractivity contribution in [2.45, 2.75) is 20.4 Å². The molecule has 1 heterocycles. The van der Waals surface area contributed by atoms with Crippen molar-refractivity contribution >= 4 is 5.91 Å². The second-order valence-corrected chi connectivity index (χ2v) is 4.57. The van der Waals surface area contributed by atoms with Crippen LogP contribution in [-0.4, -0.2) is 10.9 Å². The van der Waals surface area contributed by atoms with Gasteiger partial charge in [-0.25, -0.2) is 8.78 Å². The quantitative estimate of drug-likeness (QED) is 0.936. The van der Waals surface area contributed by atoms with Crippen LogP contribution in [0.4, 0.5) is 8.78 Å². The second-order valence-electron chi connectivity index (χ2n) is 4.57. The molecule has 1 N–H and O–H groups in total. The van der Waals surface area contributed by atoms with Crippen molar-refractivity contribution < 1.29 is 13.6 Å². The molecule has 0 spiro atoms. The molecule has 0 fully saturated rings. The third-order valence-corrected chi connectivity index (χ3v) is 2.78. The number of amides is 1. The Kier molecular flexibility index (Phi) is 4.08. The number of hydrogen-bond donors (Lipinski definition) is 1. The minimum atomic E-state index is -0.924. The minimum absolute atomic E-state index is 0.135. The number of carbonyl (C=O) groups excluding carboxylic acids is 1. The van der Waals surface area contributed by atoms with Gasteiger partial charge in [-0.15, -0.1) is 0 Å². The number of nitrogens with one attached hydrogen (secondary N) is 1. The Balaban J connectivity index is 2.06. The third kappa shape index (κ3) is 3.38. The zero-order chi connectivity index (χ0) is 14.7. The summed E-state index contributed by atoms with van der Waals surface area (Å²) >= 11 is 0. The number of halogens is 2. The average Bonchev–Trinajstić information content (AvgIpc) is 2.38. The number of nitrogens with zero attached hydrogens (tertiary/aromatic N) is 1. The first-order valence-electron chi connectivity index (χ1n) is 6.13. The van der Waals surface area contributed by atoms with Crippen molar-refractivity contribution in [3.63, 3.8) is 0 Å². The maximum Gasteiger partial charge on any atom is 0.251 e. The molecule has 2 rings (SSSR count). The van der Waals surface area contributed by atoms with Crippen LogP contribution in [0.5, 0.6) is 0 Å². The van der Waals surface area contributed by atoms with Gasteiger partial charge in [0.1, 0.15) is 0 Å². The van der Waals surface area contributed by atoms with Gasteiger partial charge in [0.15, 0.2) is 11.6 Å². The number of benzene rings is 1. The molecule has 2 aromatic rings. The van der Waals surface area contributed by atoms with Crippen LogP contribution in [-0.2, 0) is 6.54 Å². The Morgan fingerprint density at radius 1 is 1.10 bits per heavy atom. The largest absolute Gasteiger partial charge is 0.348 e. The van der Waals surface area contributed by atoms with Crippen LogP contribution >= 0.6 is 0 Å². The molecule has 0 aliphatic heterocycles. The first-order valence-corrected chi connectivity index (χ1v) is 6.13. The predicted molar refractivity (Wildman–Crippen MR) is 71.2 cm³/mol. The maximum atomic E-state index is 13.0. The summed E-state index contributed by atoms with van der Waals surface area (Å²) in [6.45, 7) is 3.74. The van der Waals surface area contributed by atoms with E-state index < -0.39 is 11.6 Å². The summed E-state index contributed by atoms with van der Waals surface area (Å²) in [5, 5.41) is 2.66. The molecule has 0 aliphatic carbocycles. The number of hydrogen-bond acceptors (Lipinski definition) is 2. The Morgan fingerprint density at radius 2 is 1.75 bits per heavy atom. The van der Waals surface area contributed by atoms with Crippen LogP contribution in [0.25, 0.3) is 0 Å². The summed E-state index contributed by atoms with van der Waals surface area (Å²) in [5.74, 6) is -2.10. The van der Waals surface area contributed by atoms with E-state index in [4.69, 9.17) is 0 Å². The van der Waals surface area contributed by atoms with E-state index >= 15 is 0 Å². The Morgan fingerprint density at radius 3 is 2.35 bits per heavy atom. The van der Waals surface area contributed by atoms with Gasteiger partial charge < -0.3 is 5.32 Å². The maximum absolute atomic E-state index is 13.0. The predicted octanol–water partition coefficient (Wildman–Crippen LogP) is 2.91. The van der Waals surface area contributed by atoms with Gasteiger partial charge in [0.25, 0.3) is 5.91 Å². The topological polar surface area (TPSA) is 42.0 Å². The molecule has 0 bridgehead atoms. The van der Waals surface area contributed by atoms with Gasteiger partial charge in [0.2, 0.25) is 0 Å². The van der Waals surface area contributed by atoms with Crippen LogP contribution < -0.4 is 5.32 Å². The number of rotatable bonds is 3. The normalized spacial score (nSPS) is 10.4. The first kappa shape index (κ1) is 14.1. The number of pyridine rings is 1. The van der Waals surface area contributed by atoms with Crippen LogP contribution in [0, 0.1) is 25.5 Å². The highest BCUT2D eigenvalue weighted by Crippen LogP contribution is 2.09. The second kappa shape index (κ2) is 5.77. The molecule has 1 aromatic heterocycles. The fourth-order valence-electron chi connectivity index (χ4n) is 1.90. The standard InChI is InChI=1S/C15H14F2N2O/c1-9-5-12(6-10(2)19-9)15(20)18-8-11-3-4-13(16)14(17)7-11/h3-7H,8H2,1-2H3,(H,18,20). The molecule has 0 saturated carbocycles. The van der Waals surface area contributed by atoms with Gasteiger partial charge in [0.05, 0.1) is 0 Å². The van der Waals surface area contributed by atoms with Crippen LogP contribution in [0.15, 0.2) is 30.3 Å². The van der Waals surface area contributed by atoms with Crippen LogP contribution in [0.2, 0.25) is 0 Å². The molecule has 0 aliphatic rings. The molecule has 5 heteroatoms. The highest BCUT2D eigenvalue weighted by molar-refractivity contribution is 5.94. The van der Waals surface area contributed by atoms with E-state index in [1.807, 2.05) is 0 Å². The first-order chi connectivity index (χ1) is 9.45. The van der Waals surface area contributed by atoms with Crippen molar-refractivity contribution in [2.75, 3.05) is 0 Å². The van der Waals surface area contributed by atoms with Gasteiger partial charge in [-0.1, -0.05) is 6.07 Å². The zero-order valence-corrected chi connectivity index (χ0v) is 11.2. The van der Waals surface area contributed by atoms with Crippen molar-refractivity contribution in [2.24, 2.45) is 0 Å². The summed E-state index contributed by atoms with van der Waals surface area (Å²) in [4.78, 5) is 16.2. The lowest BCUT2D eigenvalue weighted by molar-refractivity contribution is 0.0950. The van der Waals surface area contributed by atoms with E-state index in [0.29, 0.717) is 11.1 Å². The van der Waals surface area contributed by atoms with Gasteiger partial charge in [-0.3, -0.25) is 9.78 Å². The SMILES string of the molecule is Cc1cc(C(=O)NCc2ccc(F)c(F)c2)cc(C)n1. The van der Waals surface area contributed by atoms with Crippen molar-refractivity contribution in [3.8, 4) is 0 Å². The highest BCUT2D eigenvalue weighted by atomic mass is 19.2. The van der Waals surface area contributed by atoms with Gasteiger partial charge in [-0.05, 0) is 43.7 Å². The fraction of sp³-hybridized carbons (Fsp3) is 0.200. The lowest BCUT2D eigenvalue weighted by Gasteiger charge is -2.07. The van der Waals surface area contributed by atoms with Gasteiger partial charge >= 0.3 is 0 Å². The highest BCUT2D eigenvalue weighted by Gasteiger charge is 2.08. The molecule has 0 saturated heterocycles. The Hall–Kier alpha value is -2.30. The molecule has 0 unspecified atom stereocenters. The molecule has 3 nitrogen and oxygen atoms in total. The molecular formula is C15H14F2N2O. The van der Waals surface area contributed by atoms with Gasteiger partial charge in [-0.2, -0.15) is 0 Å². The molecule has 1 amide bonds. The van der Waals surface area contributed by atoms with E-state index in [-0.39, 0.29) is 12.5 Å². The van der Waals surface area contributed by atoms with E-state index in [2.05, 4.69) is 10.3 Å². The zero-order valence-electron chi connectivity index (χ0n) is 11.2. The van der Waals surface area contributed by atoms with Crippen LogP contribution in [0.1, 0.15) is 27.3 Å². The Bertz CT molecular complexity index is 636. The average molecular weight is 276 g/mol. The van der Waals surface area contributed by atoms with Crippen molar-refractivity contribution in [3.05, 3.63) is 64.5 Å². The molecule has 20 heavy (non-hydrogen) atoms.